The van der Waals surface area contributed by atoms with Crippen molar-refractivity contribution in [2.24, 2.45) is 11.8 Å². The largest absolute Gasteiger partial charge is 0.481 e. The highest BCUT2D eigenvalue weighted by Crippen LogP contribution is 2.17. The van der Waals surface area contributed by atoms with Crippen molar-refractivity contribution in [3.05, 3.63) is 34.3 Å². The number of benzene rings is 1. The zero-order valence-corrected chi connectivity index (χ0v) is 12.8. The Labute approximate surface area is 121 Å². The molecule has 0 aliphatic heterocycles. The summed E-state index contributed by atoms with van der Waals surface area (Å²) < 4.78 is 0.956. The van der Waals surface area contributed by atoms with Crippen LogP contribution in [0, 0.1) is 11.8 Å². The Hall–Kier alpha value is -1.36. The van der Waals surface area contributed by atoms with Crippen LogP contribution in [0.15, 0.2) is 28.7 Å². The highest BCUT2D eigenvalue weighted by molar-refractivity contribution is 9.10. The molecule has 0 aliphatic carbocycles. The van der Waals surface area contributed by atoms with Gasteiger partial charge in [0.05, 0.1) is 5.92 Å². The molecule has 0 spiro atoms. The summed E-state index contributed by atoms with van der Waals surface area (Å²) >= 11 is 3.38. The molecule has 19 heavy (non-hydrogen) atoms. The van der Waals surface area contributed by atoms with E-state index in [2.05, 4.69) is 15.9 Å². The third kappa shape index (κ3) is 4.35. The maximum Gasteiger partial charge on any atom is 0.307 e. The average molecular weight is 328 g/mol. The van der Waals surface area contributed by atoms with Gasteiger partial charge in [0.2, 0.25) is 5.91 Å². The van der Waals surface area contributed by atoms with Crippen molar-refractivity contribution in [3.8, 4) is 0 Å². The molecule has 2 atom stereocenters. The lowest BCUT2D eigenvalue weighted by molar-refractivity contribution is -0.148. The minimum Gasteiger partial charge on any atom is -0.481 e. The minimum atomic E-state index is -0.947. The number of amides is 1. The highest BCUT2D eigenvalue weighted by atomic mass is 79.9. The van der Waals surface area contributed by atoms with Crippen LogP contribution in [-0.4, -0.2) is 28.9 Å². The van der Waals surface area contributed by atoms with Gasteiger partial charge in [-0.05, 0) is 17.7 Å². The maximum atomic E-state index is 12.1. The predicted octanol–water partition coefficient (Wildman–Crippen LogP) is 2.76. The van der Waals surface area contributed by atoms with Crippen molar-refractivity contribution in [1.82, 2.24) is 4.90 Å². The molecule has 0 heterocycles. The second-order valence-electron chi connectivity index (χ2n) is 4.74. The molecule has 1 N–H and O–H groups in total. The minimum absolute atomic E-state index is 0.158. The van der Waals surface area contributed by atoms with Gasteiger partial charge in [0.25, 0.3) is 0 Å². The number of halogens is 1. The molecule has 1 aromatic carbocycles. The topological polar surface area (TPSA) is 57.6 Å². The first-order chi connectivity index (χ1) is 8.82. The van der Waals surface area contributed by atoms with E-state index in [1.54, 1.807) is 25.8 Å². The van der Waals surface area contributed by atoms with Gasteiger partial charge in [-0.25, -0.2) is 0 Å². The van der Waals surface area contributed by atoms with E-state index in [0.717, 1.165) is 10.0 Å². The summed E-state index contributed by atoms with van der Waals surface area (Å²) in [6, 6.07) is 7.69. The normalized spacial score (nSPS) is 13.7. The number of nitrogens with zero attached hydrogens (tertiary/aromatic N) is 1. The second kappa shape index (κ2) is 6.70. The summed E-state index contributed by atoms with van der Waals surface area (Å²) in [5.74, 6) is -2.32. The van der Waals surface area contributed by atoms with Crippen LogP contribution in [0.2, 0.25) is 0 Å². The zero-order chi connectivity index (χ0) is 14.6. The Kier molecular flexibility index (Phi) is 5.54. The fraction of sp³-hybridized carbons (Fsp3) is 0.429. The monoisotopic (exact) mass is 327 g/mol. The molecule has 0 aromatic heterocycles. The molecule has 0 radical (unpaired) electrons. The maximum absolute atomic E-state index is 12.1. The fourth-order valence-corrected chi connectivity index (χ4v) is 2.21. The third-order valence-electron chi connectivity index (χ3n) is 3.21. The van der Waals surface area contributed by atoms with Crippen molar-refractivity contribution in [2.75, 3.05) is 7.05 Å². The Morgan fingerprint density at radius 1 is 1.32 bits per heavy atom. The lowest BCUT2D eigenvalue weighted by atomic mass is 9.95. The smallest absolute Gasteiger partial charge is 0.307 e. The molecule has 0 saturated heterocycles. The number of hydrogen-bond donors (Lipinski definition) is 1. The van der Waals surface area contributed by atoms with Crippen LogP contribution in [0.3, 0.4) is 0 Å². The average Bonchev–Trinajstić information content (AvgIpc) is 2.35. The molecule has 1 rings (SSSR count). The lowest BCUT2D eigenvalue weighted by Gasteiger charge is -2.23. The van der Waals surface area contributed by atoms with E-state index in [4.69, 9.17) is 5.11 Å². The van der Waals surface area contributed by atoms with Gasteiger partial charge in [-0.1, -0.05) is 41.9 Å². The predicted molar refractivity (Wildman–Crippen MR) is 76.6 cm³/mol. The molecule has 0 fully saturated rings. The first kappa shape index (κ1) is 15.7. The molecule has 0 saturated carbocycles. The van der Waals surface area contributed by atoms with E-state index < -0.39 is 17.8 Å². The first-order valence-corrected chi connectivity index (χ1v) is 6.84. The van der Waals surface area contributed by atoms with Crippen LogP contribution < -0.4 is 0 Å². The number of carbonyl (C=O) groups excluding carboxylic acids is 1. The number of carbonyl (C=O) groups is 2. The van der Waals surface area contributed by atoms with E-state index in [9.17, 15) is 9.59 Å². The van der Waals surface area contributed by atoms with E-state index >= 15 is 0 Å². The van der Waals surface area contributed by atoms with E-state index in [-0.39, 0.29) is 5.91 Å². The van der Waals surface area contributed by atoms with E-state index in [1.165, 1.54) is 0 Å². The Morgan fingerprint density at radius 2 is 1.95 bits per heavy atom. The SMILES string of the molecule is CC(C(=O)O)C(C)C(=O)N(C)Cc1cccc(Br)c1. The number of carboxylic acid groups (broad SMARTS) is 1. The van der Waals surface area contributed by atoms with Gasteiger partial charge in [-0.3, -0.25) is 9.59 Å². The van der Waals surface area contributed by atoms with Gasteiger partial charge in [-0.2, -0.15) is 0 Å². The van der Waals surface area contributed by atoms with Crippen LogP contribution >= 0.6 is 15.9 Å². The summed E-state index contributed by atoms with van der Waals surface area (Å²) in [6.07, 6.45) is 0. The summed E-state index contributed by atoms with van der Waals surface area (Å²) in [6.45, 7) is 3.67. The molecular weight excluding hydrogens is 310 g/mol. The molecule has 1 amide bonds. The zero-order valence-electron chi connectivity index (χ0n) is 11.3. The molecular formula is C14H18BrNO3. The van der Waals surface area contributed by atoms with E-state index in [0.29, 0.717) is 6.54 Å². The van der Waals surface area contributed by atoms with Crippen molar-refractivity contribution in [2.45, 2.75) is 20.4 Å². The summed E-state index contributed by atoms with van der Waals surface area (Å²) in [7, 11) is 1.69. The standard InChI is InChI=1S/C14H18BrNO3/c1-9(10(2)14(18)19)13(17)16(3)8-11-5-4-6-12(15)7-11/h4-7,9-10H,8H2,1-3H3,(H,18,19). The second-order valence-corrected chi connectivity index (χ2v) is 5.66. The Morgan fingerprint density at radius 3 is 2.47 bits per heavy atom. The summed E-state index contributed by atoms with van der Waals surface area (Å²) in [4.78, 5) is 24.6. The quantitative estimate of drug-likeness (QED) is 0.904. The van der Waals surface area contributed by atoms with Gasteiger partial charge < -0.3 is 10.0 Å². The number of carboxylic acids is 1. The van der Waals surface area contributed by atoms with Gasteiger partial charge in [0.15, 0.2) is 0 Å². The number of aliphatic carboxylic acids is 1. The van der Waals surface area contributed by atoms with E-state index in [1.807, 2.05) is 24.3 Å². The Balaban J connectivity index is 2.70. The molecule has 1 aromatic rings. The number of hydrogen-bond acceptors (Lipinski definition) is 2. The number of rotatable bonds is 5. The van der Waals surface area contributed by atoms with Crippen LogP contribution in [0.25, 0.3) is 0 Å². The summed E-state index contributed by atoms with van der Waals surface area (Å²) in [5, 5.41) is 8.93. The van der Waals surface area contributed by atoms with Crippen molar-refractivity contribution >= 4 is 27.8 Å². The van der Waals surface area contributed by atoms with Crippen molar-refractivity contribution < 1.29 is 14.7 Å². The molecule has 104 valence electrons. The fourth-order valence-electron chi connectivity index (χ4n) is 1.76. The molecule has 2 unspecified atom stereocenters. The molecule has 0 aliphatic rings. The van der Waals surface area contributed by atoms with Crippen LogP contribution in [0.4, 0.5) is 0 Å². The van der Waals surface area contributed by atoms with Crippen LogP contribution in [0.1, 0.15) is 19.4 Å². The van der Waals surface area contributed by atoms with Crippen molar-refractivity contribution in [3.63, 3.8) is 0 Å². The van der Waals surface area contributed by atoms with Crippen molar-refractivity contribution in [1.29, 1.82) is 0 Å². The highest BCUT2D eigenvalue weighted by Gasteiger charge is 2.27. The van der Waals surface area contributed by atoms with Gasteiger partial charge in [0.1, 0.15) is 0 Å². The van der Waals surface area contributed by atoms with Gasteiger partial charge >= 0.3 is 5.97 Å². The van der Waals surface area contributed by atoms with Crippen LogP contribution in [0.5, 0.6) is 0 Å². The Bertz CT molecular complexity index is 476. The van der Waals surface area contributed by atoms with Gasteiger partial charge in [-0.15, -0.1) is 0 Å². The molecule has 5 heteroatoms. The molecule has 4 nitrogen and oxygen atoms in total. The summed E-state index contributed by atoms with van der Waals surface area (Å²) in [5.41, 5.74) is 1.00. The van der Waals surface area contributed by atoms with Crippen LogP contribution in [-0.2, 0) is 16.1 Å². The first-order valence-electron chi connectivity index (χ1n) is 6.05. The lowest BCUT2D eigenvalue weighted by Crippen LogP contribution is -2.36. The third-order valence-corrected chi connectivity index (χ3v) is 3.71. The molecule has 0 bridgehead atoms. The van der Waals surface area contributed by atoms with Gasteiger partial charge in [0, 0.05) is 24.0 Å².